The maximum atomic E-state index is 2.51. The molecule has 4 heteroatoms. The topological polar surface area (TPSA) is 0 Å². The van der Waals surface area contributed by atoms with Crippen LogP contribution in [0.3, 0.4) is 0 Å². The Hall–Kier alpha value is -2.22. The average Bonchev–Trinajstić information content (AvgIpc) is 3.59. The molecule has 0 aromatic heterocycles. The molecule has 2 fully saturated rings. The smallest absolute Gasteiger partial charge is 0.0279 e. The molecule has 0 N–H and O–H groups in total. The van der Waals surface area contributed by atoms with Gasteiger partial charge >= 0.3 is 41.9 Å². The second-order valence-electron chi connectivity index (χ2n) is 17.9. The van der Waals surface area contributed by atoms with Crippen molar-refractivity contribution in [1.29, 1.82) is 0 Å². The van der Waals surface area contributed by atoms with Crippen LogP contribution in [-0.2, 0) is 36.2 Å². The summed E-state index contributed by atoms with van der Waals surface area (Å²) in [6.07, 6.45) is 19.4. The molecule has 0 atom stereocenters. The van der Waals surface area contributed by atoms with Gasteiger partial charge in [-0.15, -0.1) is 69.1 Å². The van der Waals surface area contributed by atoms with E-state index >= 15 is 0 Å². The van der Waals surface area contributed by atoms with Crippen LogP contribution in [0.25, 0.3) is 43.8 Å². The van der Waals surface area contributed by atoms with Crippen LogP contribution >= 0.6 is 0 Å². The molecule has 56 heavy (non-hydrogen) atoms. The van der Waals surface area contributed by atoms with Crippen LogP contribution in [-0.4, -0.2) is 5.43 Å². The van der Waals surface area contributed by atoms with Gasteiger partial charge in [-0.05, 0) is 74.3 Å². The third-order valence-electron chi connectivity index (χ3n) is 12.2. The fourth-order valence-electron chi connectivity index (χ4n) is 9.27. The van der Waals surface area contributed by atoms with Gasteiger partial charge in [0.05, 0.1) is 0 Å². The Bertz CT molecular complexity index is 1950. The maximum absolute atomic E-state index is 2.51. The van der Waals surface area contributed by atoms with E-state index in [9.17, 15) is 0 Å². The van der Waals surface area contributed by atoms with Gasteiger partial charge in [0.2, 0.25) is 0 Å². The van der Waals surface area contributed by atoms with Gasteiger partial charge in [0.15, 0.2) is 0 Å². The van der Waals surface area contributed by atoms with Crippen molar-refractivity contribution in [3.63, 3.8) is 0 Å². The Morgan fingerprint density at radius 2 is 0.839 bits per heavy atom. The van der Waals surface area contributed by atoms with E-state index in [4.69, 9.17) is 0 Å². The van der Waals surface area contributed by atoms with Crippen molar-refractivity contribution in [3.8, 4) is 22.3 Å². The van der Waals surface area contributed by atoms with E-state index in [-0.39, 0.29) is 30.2 Å². The van der Waals surface area contributed by atoms with Crippen molar-refractivity contribution in [3.05, 3.63) is 131 Å². The molecular formula is C52H64Cl2SiZr-2. The monoisotopic (exact) mass is 876 g/mol. The van der Waals surface area contributed by atoms with Gasteiger partial charge in [-0.2, -0.15) is 12.1 Å². The van der Waals surface area contributed by atoms with E-state index in [1.807, 2.05) is 0 Å². The third kappa shape index (κ3) is 12.9. The first kappa shape index (κ1) is 46.5. The van der Waals surface area contributed by atoms with Gasteiger partial charge < -0.3 is 24.8 Å². The Morgan fingerprint density at radius 1 is 0.518 bits per heavy atom. The van der Waals surface area contributed by atoms with Crippen molar-refractivity contribution < 1.29 is 48.1 Å². The first-order valence-electron chi connectivity index (χ1n) is 21.0. The Labute approximate surface area is 367 Å². The number of hydrogen-bond donors (Lipinski definition) is 0. The van der Waals surface area contributed by atoms with Gasteiger partial charge in [-0.1, -0.05) is 148 Å². The maximum Gasteiger partial charge on any atom is -0.0279 e. The molecule has 2 saturated carbocycles. The minimum absolute atomic E-state index is 0. The Morgan fingerprint density at radius 3 is 1.16 bits per heavy atom. The molecular weight excluding hydrogens is 815 g/mol. The van der Waals surface area contributed by atoms with Gasteiger partial charge in [0, 0.05) is 0 Å². The molecule has 0 saturated heterocycles. The summed E-state index contributed by atoms with van der Waals surface area (Å²) >= 11 is 1.74. The van der Waals surface area contributed by atoms with Gasteiger partial charge in [0.25, 0.3) is 0 Å². The normalized spacial score (nSPS) is 16.1. The fraction of sp³-hybridized carbons (Fsp3) is 0.423. The largest absolute Gasteiger partial charge is 1.00 e. The van der Waals surface area contributed by atoms with E-state index in [0.717, 1.165) is 0 Å². The number of hydrogen-bond acceptors (Lipinski definition) is 0. The molecule has 6 aromatic carbocycles. The molecule has 0 amide bonds. The van der Waals surface area contributed by atoms with Gasteiger partial charge in [-0.25, -0.2) is 0 Å². The standard InChI is InChI=1S/2C25H29.C2H6Si.2ClH.Zr/c2*1-19-10-12-21(13-11-19)23-9-7-8-22-16-20(17-24(22)23)18-25(2)14-5-3-4-6-15-25;1-3-2;;;/h2*7-13,16-17H,3-6,14-15,18H2,1-2H3;1-2H3;2*1H;/q2*-1;;;;+2/p-2. The molecule has 0 radical (unpaired) electrons. The molecule has 0 heterocycles. The summed E-state index contributed by atoms with van der Waals surface area (Å²) in [7, 11) is 0. The molecule has 0 bridgehead atoms. The first-order valence-corrected chi connectivity index (χ1v) is 27.2. The minimum Gasteiger partial charge on any atom is -1.00 e. The Balaban J connectivity index is 0.000000220. The van der Waals surface area contributed by atoms with Crippen molar-refractivity contribution in [2.45, 2.75) is 131 Å². The van der Waals surface area contributed by atoms with Gasteiger partial charge in [0.1, 0.15) is 0 Å². The van der Waals surface area contributed by atoms with Crippen molar-refractivity contribution >= 4 is 27.0 Å². The van der Waals surface area contributed by atoms with Crippen LogP contribution < -0.4 is 24.8 Å². The Kier molecular flexibility index (Phi) is 18.0. The predicted molar refractivity (Wildman–Crippen MR) is 236 cm³/mol. The van der Waals surface area contributed by atoms with E-state index in [1.165, 1.54) is 156 Å². The predicted octanol–water partition coefficient (Wildman–Crippen LogP) is 9.67. The molecule has 296 valence electrons. The number of rotatable bonds is 6. The molecule has 0 aliphatic heterocycles. The summed E-state index contributed by atoms with van der Waals surface area (Å²) in [6, 6.07) is 41.1. The van der Waals surface area contributed by atoms with E-state index in [0.29, 0.717) is 10.8 Å². The molecule has 2 aliphatic rings. The van der Waals surface area contributed by atoms with E-state index < -0.39 is 0 Å². The minimum atomic E-state index is 0. The van der Waals surface area contributed by atoms with E-state index in [2.05, 4.69) is 150 Å². The first-order chi connectivity index (χ1) is 26.0. The van der Waals surface area contributed by atoms with Crippen LogP contribution in [0.15, 0.2) is 109 Å². The molecule has 0 unspecified atom stereocenters. The van der Waals surface area contributed by atoms with Crippen molar-refractivity contribution in [2.75, 3.05) is 0 Å². The summed E-state index contributed by atoms with van der Waals surface area (Å²) in [5.74, 6) is 0. The zero-order valence-electron chi connectivity index (χ0n) is 35.0. The van der Waals surface area contributed by atoms with Crippen molar-refractivity contribution in [1.82, 2.24) is 0 Å². The van der Waals surface area contributed by atoms with E-state index in [1.54, 1.807) is 23.3 Å². The summed E-state index contributed by atoms with van der Waals surface area (Å²) in [4.78, 5) is 0. The molecule has 8 rings (SSSR count). The SMILES string of the molecule is C[Si](C)=[Zr+2].Cc1ccc(-c2cccc3[cH-]c(CC4(C)CCCCCC4)cc23)cc1.Cc1ccc(-c2cccc3[cH-]c(CC4(C)CCCCCC4)cc23)cc1.[Cl-].[Cl-]. The van der Waals surface area contributed by atoms with Crippen LogP contribution in [0, 0.1) is 24.7 Å². The van der Waals surface area contributed by atoms with Crippen LogP contribution in [0.1, 0.15) is 113 Å². The molecule has 6 aromatic rings. The van der Waals surface area contributed by atoms with Crippen LogP contribution in [0.4, 0.5) is 0 Å². The van der Waals surface area contributed by atoms with Gasteiger partial charge in [-0.3, -0.25) is 0 Å². The van der Waals surface area contributed by atoms with Crippen molar-refractivity contribution in [2.24, 2.45) is 10.8 Å². The molecule has 0 nitrogen and oxygen atoms in total. The van der Waals surface area contributed by atoms with Crippen LogP contribution in [0.2, 0.25) is 13.1 Å². The summed E-state index contributed by atoms with van der Waals surface area (Å²) in [6.45, 7) is 13.9. The quantitative estimate of drug-likeness (QED) is 0.0889. The summed E-state index contributed by atoms with van der Waals surface area (Å²) in [5.41, 5.74) is 12.3. The number of benzene rings is 4. The fourth-order valence-corrected chi connectivity index (χ4v) is 9.27. The third-order valence-corrected chi connectivity index (χ3v) is 12.2. The summed E-state index contributed by atoms with van der Waals surface area (Å²) < 4.78 is 0. The number of aryl methyl sites for hydroxylation is 2. The van der Waals surface area contributed by atoms with Crippen LogP contribution in [0.5, 0.6) is 0 Å². The number of fused-ring (bicyclic) bond motifs is 2. The summed E-state index contributed by atoms with van der Waals surface area (Å²) in [5, 5.41) is 5.62. The molecule has 0 spiro atoms. The second kappa shape index (κ2) is 21.7. The zero-order chi connectivity index (χ0) is 38.1. The molecule has 2 aliphatic carbocycles. The zero-order valence-corrected chi connectivity index (χ0v) is 40.0. The average molecular weight is 879 g/mol. The number of halogens is 2. The second-order valence-corrected chi connectivity index (χ2v) is 27.3.